The van der Waals surface area contributed by atoms with E-state index in [-0.39, 0.29) is 18.4 Å². The molecule has 1 aromatic heterocycles. The van der Waals surface area contributed by atoms with Gasteiger partial charge in [0, 0.05) is 28.9 Å². The van der Waals surface area contributed by atoms with Gasteiger partial charge in [-0.3, -0.25) is 9.59 Å². The largest absolute Gasteiger partial charge is 0.395 e. The molecular formula is C20H20N2O3S2. The van der Waals surface area contributed by atoms with Crippen molar-refractivity contribution < 1.29 is 14.7 Å². The number of para-hydroxylation sites is 1. The molecule has 27 heavy (non-hydrogen) atoms. The highest BCUT2D eigenvalue weighted by Crippen LogP contribution is 2.39. The molecule has 1 aromatic carbocycles. The molecule has 0 atom stereocenters. The van der Waals surface area contributed by atoms with Gasteiger partial charge in [-0.2, -0.15) is 0 Å². The van der Waals surface area contributed by atoms with Crippen molar-refractivity contribution >= 4 is 52.8 Å². The molecule has 0 saturated carbocycles. The number of hydrogen-bond acceptors (Lipinski definition) is 5. The number of benzene rings is 1. The van der Waals surface area contributed by atoms with Crippen LogP contribution < -0.4 is 5.32 Å². The first-order valence-corrected chi connectivity index (χ1v) is 10.3. The van der Waals surface area contributed by atoms with Gasteiger partial charge < -0.3 is 15.3 Å². The Morgan fingerprint density at radius 3 is 2.93 bits per heavy atom. The summed E-state index contributed by atoms with van der Waals surface area (Å²) in [6, 6.07) is 9.65. The molecule has 0 spiro atoms. The number of thioether (sulfide) groups is 1. The fraction of sp³-hybridized carbons (Fsp3) is 0.200. The van der Waals surface area contributed by atoms with Crippen LogP contribution in [0.4, 0.5) is 5.69 Å². The van der Waals surface area contributed by atoms with Gasteiger partial charge in [0.15, 0.2) is 0 Å². The van der Waals surface area contributed by atoms with E-state index in [4.69, 9.17) is 5.11 Å². The Morgan fingerprint density at radius 2 is 2.15 bits per heavy atom. The second-order valence-electron chi connectivity index (χ2n) is 5.82. The summed E-state index contributed by atoms with van der Waals surface area (Å²) in [4.78, 5) is 28.5. The van der Waals surface area contributed by atoms with Gasteiger partial charge in [-0.25, -0.2) is 0 Å². The summed E-state index contributed by atoms with van der Waals surface area (Å²) >= 11 is 2.97. The number of amides is 2. The molecule has 0 fully saturated rings. The van der Waals surface area contributed by atoms with Gasteiger partial charge in [0.1, 0.15) is 0 Å². The van der Waals surface area contributed by atoms with Gasteiger partial charge in [-0.05, 0) is 48.2 Å². The number of fused-ring (bicyclic) bond motifs is 1. The number of rotatable bonds is 6. The van der Waals surface area contributed by atoms with Crippen molar-refractivity contribution in [2.24, 2.45) is 0 Å². The summed E-state index contributed by atoms with van der Waals surface area (Å²) in [5, 5.41) is 13.8. The zero-order valence-electron chi connectivity index (χ0n) is 14.8. The lowest BCUT2D eigenvalue weighted by atomic mass is 10.2. The van der Waals surface area contributed by atoms with E-state index in [1.54, 1.807) is 11.0 Å². The predicted molar refractivity (Wildman–Crippen MR) is 112 cm³/mol. The topological polar surface area (TPSA) is 69.6 Å². The number of aliphatic hydroxyl groups is 1. The Hall–Kier alpha value is -2.35. The maximum atomic E-state index is 12.3. The van der Waals surface area contributed by atoms with Crippen LogP contribution in [0.25, 0.3) is 12.2 Å². The predicted octanol–water partition coefficient (Wildman–Crippen LogP) is 3.69. The minimum Gasteiger partial charge on any atom is -0.395 e. The molecule has 0 bridgehead atoms. The summed E-state index contributed by atoms with van der Waals surface area (Å²) in [6.07, 6.45) is 5.13. The fourth-order valence-corrected chi connectivity index (χ4v) is 4.41. The number of hydrogen-bond donors (Lipinski definition) is 2. The standard InChI is InChI=1S/C20H20N2O3S2/c1-2-22(9-10-23)19(24)8-7-14-11-15(26-13-14)12-18-20(25)21-16-5-3-4-6-17(16)27-18/h3-8,11-13,23H,2,9-10H2,1H3,(H,21,25)/b8-7+,18-12?. The number of likely N-dealkylation sites (N-methyl/N-ethyl adjacent to an activating group) is 1. The SMILES string of the molecule is CCN(CCO)C(=O)/C=C/c1csc(C=C2Sc3ccccc3NC2=O)c1. The first kappa shape index (κ1) is 19.4. The number of carbonyl (C=O) groups excluding carboxylic acids is 2. The normalized spacial score (nSPS) is 15.0. The van der Waals surface area contributed by atoms with Gasteiger partial charge >= 0.3 is 0 Å². The van der Waals surface area contributed by atoms with Crippen LogP contribution in [0.5, 0.6) is 0 Å². The molecular weight excluding hydrogens is 380 g/mol. The molecule has 0 unspecified atom stereocenters. The Kier molecular flexibility index (Phi) is 6.49. The van der Waals surface area contributed by atoms with Crippen LogP contribution in [0.1, 0.15) is 17.4 Å². The van der Waals surface area contributed by atoms with Crippen molar-refractivity contribution in [3.05, 3.63) is 57.1 Å². The van der Waals surface area contributed by atoms with E-state index < -0.39 is 0 Å². The first-order chi connectivity index (χ1) is 13.1. The van der Waals surface area contributed by atoms with E-state index in [0.717, 1.165) is 21.0 Å². The number of nitrogens with one attached hydrogen (secondary N) is 1. The quantitative estimate of drug-likeness (QED) is 0.726. The Bertz CT molecular complexity index is 902. The highest BCUT2D eigenvalue weighted by atomic mass is 32.2. The highest BCUT2D eigenvalue weighted by Gasteiger charge is 2.20. The maximum Gasteiger partial charge on any atom is 0.262 e. The minimum absolute atomic E-state index is 0.0492. The smallest absolute Gasteiger partial charge is 0.262 e. The van der Waals surface area contributed by atoms with E-state index in [9.17, 15) is 9.59 Å². The molecule has 5 nitrogen and oxygen atoms in total. The van der Waals surface area contributed by atoms with Crippen molar-refractivity contribution in [2.45, 2.75) is 11.8 Å². The van der Waals surface area contributed by atoms with Crippen LogP contribution in [0.15, 0.2) is 51.6 Å². The number of carbonyl (C=O) groups is 2. The highest BCUT2D eigenvalue weighted by molar-refractivity contribution is 8.04. The number of nitrogens with zero attached hydrogens (tertiary/aromatic N) is 1. The molecule has 0 radical (unpaired) electrons. The third-order valence-electron chi connectivity index (χ3n) is 3.97. The van der Waals surface area contributed by atoms with Gasteiger partial charge in [0.25, 0.3) is 5.91 Å². The molecule has 0 aliphatic carbocycles. The van der Waals surface area contributed by atoms with Crippen molar-refractivity contribution in [3.63, 3.8) is 0 Å². The summed E-state index contributed by atoms with van der Waals surface area (Å²) in [7, 11) is 0. The van der Waals surface area contributed by atoms with Crippen molar-refractivity contribution in [1.82, 2.24) is 4.90 Å². The third kappa shape index (κ3) is 4.88. The van der Waals surface area contributed by atoms with E-state index in [2.05, 4.69) is 5.32 Å². The van der Waals surface area contributed by atoms with E-state index in [0.29, 0.717) is 18.0 Å². The average Bonchev–Trinajstić information content (AvgIpc) is 3.12. The van der Waals surface area contributed by atoms with Gasteiger partial charge in [0.2, 0.25) is 5.91 Å². The molecule has 1 aliphatic heterocycles. The van der Waals surface area contributed by atoms with Crippen LogP contribution >= 0.6 is 23.1 Å². The lowest BCUT2D eigenvalue weighted by Crippen LogP contribution is -2.31. The number of anilines is 1. The number of aliphatic hydroxyl groups excluding tert-OH is 1. The zero-order chi connectivity index (χ0) is 19.2. The van der Waals surface area contributed by atoms with Gasteiger partial charge in [0.05, 0.1) is 17.2 Å². The molecule has 0 saturated heterocycles. The molecule has 2 heterocycles. The van der Waals surface area contributed by atoms with E-state index in [1.165, 1.54) is 29.2 Å². The monoisotopic (exact) mass is 400 g/mol. The van der Waals surface area contributed by atoms with E-state index in [1.807, 2.05) is 48.7 Å². The van der Waals surface area contributed by atoms with E-state index >= 15 is 0 Å². The van der Waals surface area contributed by atoms with Gasteiger partial charge in [-0.1, -0.05) is 23.9 Å². The molecule has 1 aliphatic rings. The first-order valence-electron chi connectivity index (χ1n) is 8.57. The summed E-state index contributed by atoms with van der Waals surface area (Å²) in [6.45, 7) is 2.71. The van der Waals surface area contributed by atoms with Crippen LogP contribution in [0, 0.1) is 0 Å². The molecule has 2 amide bonds. The maximum absolute atomic E-state index is 12.3. The third-order valence-corrected chi connectivity index (χ3v) is 5.97. The van der Waals surface area contributed by atoms with Crippen molar-refractivity contribution in [2.75, 3.05) is 25.0 Å². The Morgan fingerprint density at radius 1 is 1.33 bits per heavy atom. The summed E-state index contributed by atoms with van der Waals surface area (Å²) in [5.41, 5.74) is 1.74. The molecule has 2 N–H and O–H groups in total. The summed E-state index contributed by atoms with van der Waals surface area (Å²) < 4.78 is 0. The van der Waals surface area contributed by atoms with Crippen molar-refractivity contribution in [1.29, 1.82) is 0 Å². The fourth-order valence-electron chi connectivity index (χ4n) is 2.58. The van der Waals surface area contributed by atoms with Crippen LogP contribution in [0.2, 0.25) is 0 Å². The Balaban J connectivity index is 1.71. The Labute approximate surface area is 166 Å². The number of thiophene rings is 1. The summed E-state index contributed by atoms with van der Waals surface area (Å²) in [5.74, 6) is -0.238. The van der Waals surface area contributed by atoms with Crippen molar-refractivity contribution in [3.8, 4) is 0 Å². The average molecular weight is 401 g/mol. The molecule has 3 rings (SSSR count). The zero-order valence-corrected chi connectivity index (χ0v) is 16.5. The lowest BCUT2D eigenvalue weighted by Gasteiger charge is -2.17. The lowest BCUT2D eigenvalue weighted by molar-refractivity contribution is -0.126. The second-order valence-corrected chi connectivity index (χ2v) is 7.84. The minimum atomic E-state index is -0.128. The van der Waals surface area contributed by atoms with Crippen LogP contribution in [-0.4, -0.2) is 41.5 Å². The second kappa shape index (κ2) is 9.03. The molecule has 2 aromatic rings. The van der Waals surface area contributed by atoms with Gasteiger partial charge in [-0.15, -0.1) is 11.3 Å². The molecule has 7 heteroatoms. The van der Waals surface area contributed by atoms with Crippen LogP contribution in [-0.2, 0) is 9.59 Å². The molecule has 140 valence electrons. The van der Waals surface area contributed by atoms with Crippen LogP contribution in [0.3, 0.4) is 0 Å².